The van der Waals surface area contributed by atoms with E-state index in [0.29, 0.717) is 34.3 Å². The number of amides is 1. The van der Waals surface area contributed by atoms with Gasteiger partial charge in [0.1, 0.15) is 17.3 Å². The summed E-state index contributed by atoms with van der Waals surface area (Å²) >= 11 is 5.99. The van der Waals surface area contributed by atoms with E-state index in [1.807, 2.05) is 31.2 Å². The summed E-state index contributed by atoms with van der Waals surface area (Å²) in [6.07, 6.45) is 0. The maximum atomic E-state index is 13.2. The lowest BCUT2D eigenvalue weighted by molar-refractivity contribution is -0.140. The summed E-state index contributed by atoms with van der Waals surface area (Å²) < 4.78 is 11.1. The number of methoxy groups -OCH3 is 1. The number of hydrogen-bond donors (Lipinski definition) is 1. The second-order valence-corrected chi connectivity index (χ2v) is 8.19. The number of ketones is 1. The van der Waals surface area contributed by atoms with Crippen molar-refractivity contribution in [2.75, 3.05) is 13.7 Å². The number of carbonyl (C=O) groups is 2. The summed E-state index contributed by atoms with van der Waals surface area (Å²) in [4.78, 5) is 27.9. The summed E-state index contributed by atoms with van der Waals surface area (Å²) in [6, 6.07) is 20.1. The zero-order chi connectivity index (χ0) is 24.2. The van der Waals surface area contributed by atoms with Crippen LogP contribution in [0.5, 0.6) is 11.5 Å². The van der Waals surface area contributed by atoms with E-state index in [0.717, 1.165) is 5.56 Å². The largest absolute Gasteiger partial charge is 0.507 e. The summed E-state index contributed by atoms with van der Waals surface area (Å²) in [5.74, 6) is -0.509. The molecule has 174 valence electrons. The van der Waals surface area contributed by atoms with Gasteiger partial charge in [-0.05, 0) is 55.0 Å². The fourth-order valence-corrected chi connectivity index (χ4v) is 4.24. The highest BCUT2D eigenvalue weighted by atomic mass is 35.5. The Balaban J connectivity index is 1.87. The van der Waals surface area contributed by atoms with E-state index in [-0.39, 0.29) is 17.9 Å². The Morgan fingerprint density at radius 3 is 2.47 bits per heavy atom. The van der Waals surface area contributed by atoms with Crippen LogP contribution in [0.15, 0.2) is 78.4 Å². The van der Waals surface area contributed by atoms with Crippen LogP contribution >= 0.6 is 11.6 Å². The van der Waals surface area contributed by atoms with E-state index in [1.54, 1.807) is 55.6 Å². The summed E-state index contributed by atoms with van der Waals surface area (Å²) in [7, 11) is 1.55. The summed E-state index contributed by atoms with van der Waals surface area (Å²) in [5.41, 5.74) is 1.79. The number of hydrogen-bond acceptors (Lipinski definition) is 5. The van der Waals surface area contributed by atoms with E-state index < -0.39 is 17.7 Å². The van der Waals surface area contributed by atoms with Crippen LogP contribution in [0.25, 0.3) is 5.76 Å². The lowest BCUT2D eigenvalue weighted by Gasteiger charge is -2.26. The Labute approximate surface area is 203 Å². The normalized spacial score (nSPS) is 17.1. The number of halogens is 1. The molecule has 0 spiro atoms. The second kappa shape index (κ2) is 10.0. The summed E-state index contributed by atoms with van der Waals surface area (Å²) in [6.45, 7) is 2.46. The molecule has 1 heterocycles. The molecule has 1 saturated heterocycles. The topological polar surface area (TPSA) is 76.1 Å². The SMILES string of the molecule is CCOc1cccc(C2/C(=C(/O)c3ccc(Cl)cc3)C(=O)C(=O)N2Cc2ccccc2OC)c1. The van der Waals surface area contributed by atoms with Crippen molar-refractivity contribution in [1.29, 1.82) is 0 Å². The van der Waals surface area contributed by atoms with Gasteiger partial charge in [-0.15, -0.1) is 0 Å². The van der Waals surface area contributed by atoms with Gasteiger partial charge in [0, 0.05) is 16.1 Å². The Bertz CT molecular complexity index is 1250. The molecule has 1 aliphatic rings. The number of Topliss-reactive ketones (excluding diaryl/α,β-unsaturated/α-hetero) is 1. The first-order valence-corrected chi connectivity index (χ1v) is 11.2. The van der Waals surface area contributed by atoms with Gasteiger partial charge >= 0.3 is 0 Å². The fourth-order valence-electron chi connectivity index (χ4n) is 4.11. The molecule has 1 unspecified atom stereocenters. The zero-order valence-electron chi connectivity index (χ0n) is 18.8. The molecule has 6 nitrogen and oxygen atoms in total. The number of nitrogens with zero attached hydrogens (tertiary/aromatic N) is 1. The summed E-state index contributed by atoms with van der Waals surface area (Å²) in [5, 5.41) is 11.7. The van der Waals surface area contributed by atoms with E-state index in [4.69, 9.17) is 21.1 Å². The van der Waals surface area contributed by atoms with Crippen LogP contribution in [0.1, 0.15) is 29.7 Å². The molecule has 3 aromatic carbocycles. The van der Waals surface area contributed by atoms with Crippen LogP contribution in [0.2, 0.25) is 5.02 Å². The van der Waals surface area contributed by atoms with E-state index in [2.05, 4.69) is 0 Å². The molecular formula is C27H24ClNO5. The number of para-hydroxylation sites is 1. The maximum absolute atomic E-state index is 13.2. The minimum Gasteiger partial charge on any atom is -0.507 e. The average Bonchev–Trinajstić information content (AvgIpc) is 3.10. The molecule has 1 atom stereocenters. The quantitative estimate of drug-likeness (QED) is 0.281. The van der Waals surface area contributed by atoms with Crippen molar-refractivity contribution < 1.29 is 24.2 Å². The van der Waals surface area contributed by atoms with Crippen molar-refractivity contribution in [3.63, 3.8) is 0 Å². The first kappa shape index (κ1) is 23.4. The van der Waals surface area contributed by atoms with Crippen LogP contribution < -0.4 is 9.47 Å². The van der Waals surface area contributed by atoms with E-state index in [9.17, 15) is 14.7 Å². The Kier molecular flexibility index (Phi) is 6.89. The minimum absolute atomic E-state index is 0.0101. The molecule has 4 rings (SSSR count). The monoisotopic (exact) mass is 477 g/mol. The Morgan fingerprint density at radius 1 is 1.03 bits per heavy atom. The second-order valence-electron chi connectivity index (χ2n) is 7.75. The van der Waals surface area contributed by atoms with E-state index >= 15 is 0 Å². The number of aliphatic hydroxyl groups is 1. The predicted octanol–water partition coefficient (Wildman–Crippen LogP) is 5.37. The standard InChI is InChI=1S/C27H24ClNO5/c1-3-34-21-9-6-8-18(15-21)24-23(25(30)17-11-13-20(28)14-12-17)26(31)27(32)29(24)16-19-7-4-5-10-22(19)33-2/h4-15,24,30H,3,16H2,1-2H3/b25-23-. The maximum Gasteiger partial charge on any atom is 0.295 e. The Morgan fingerprint density at radius 2 is 1.76 bits per heavy atom. The average molecular weight is 478 g/mol. The third-order valence-electron chi connectivity index (χ3n) is 5.68. The smallest absolute Gasteiger partial charge is 0.295 e. The molecule has 0 aromatic heterocycles. The van der Waals surface area contributed by atoms with Gasteiger partial charge in [-0.3, -0.25) is 9.59 Å². The number of aliphatic hydroxyl groups excluding tert-OH is 1. The minimum atomic E-state index is -0.819. The van der Waals surface area contributed by atoms with E-state index in [1.165, 1.54) is 4.90 Å². The number of rotatable bonds is 7. The zero-order valence-corrected chi connectivity index (χ0v) is 19.6. The number of carbonyl (C=O) groups excluding carboxylic acids is 2. The first-order valence-electron chi connectivity index (χ1n) is 10.8. The van der Waals surface area contributed by atoms with Gasteiger partial charge < -0.3 is 19.5 Å². The van der Waals surface area contributed by atoms with Gasteiger partial charge in [-0.1, -0.05) is 41.9 Å². The van der Waals surface area contributed by atoms with Crippen LogP contribution in [0.3, 0.4) is 0 Å². The molecule has 1 amide bonds. The van der Waals surface area contributed by atoms with Crippen molar-refractivity contribution in [3.05, 3.63) is 100 Å². The third kappa shape index (κ3) is 4.50. The number of likely N-dealkylation sites (tertiary alicyclic amines) is 1. The molecule has 1 aliphatic heterocycles. The lowest BCUT2D eigenvalue weighted by atomic mass is 9.95. The molecular weight excluding hydrogens is 454 g/mol. The van der Waals surface area contributed by atoms with Gasteiger partial charge in [-0.2, -0.15) is 0 Å². The van der Waals surface area contributed by atoms with Crippen LogP contribution in [0, 0.1) is 0 Å². The number of benzene rings is 3. The van der Waals surface area contributed by atoms with Crippen molar-refractivity contribution in [3.8, 4) is 11.5 Å². The Hall–Kier alpha value is -3.77. The van der Waals surface area contributed by atoms with Crippen molar-refractivity contribution in [2.45, 2.75) is 19.5 Å². The van der Waals surface area contributed by atoms with Crippen LogP contribution in [-0.4, -0.2) is 35.4 Å². The molecule has 0 radical (unpaired) electrons. The van der Waals surface area contributed by atoms with Crippen LogP contribution in [0.4, 0.5) is 0 Å². The highest BCUT2D eigenvalue weighted by molar-refractivity contribution is 6.46. The molecule has 34 heavy (non-hydrogen) atoms. The molecule has 3 aromatic rings. The third-order valence-corrected chi connectivity index (χ3v) is 5.93. The molecule has 0 aliphatic carbocycles. The van der Waals surface area contributed by atoms with Gasteiger partial charge in [0.15, 0.2) is 0 Å². The highest BCUT2D eigenvalue weighted by Crippen LogP contribution is 2.41. The van der Waals surface area contributed by atoms with Crippen molar-refractivity contribution in [1.82, 2.24) is 4.90 Å². The van der Waals surface area contributed by atoms with Crippen LogP contribution in [-0.2, 0) is 16.1 Å². The molecule has 0 saturated carbocycles. The first-order chi connectivity index (χ1) is 16.4. The molecule has 1 fully saturated rings. The van der Waals surface area contributed by atoms with Gasteiger partial charge in [0.05, 0.1) is 31.9 Å². The molecule has 0 bridgehead atoms. The molecule has 7 heteroatoms. The van der Waals surface area contributed by atoms with Crippen molar-refractivity contribution in [2.24, 2.45) is 0 Å². The van der Waals surface area contributed by atoms with Gasteiger partial charge in [-0.25, -0.2) is 0 Å². The van der Waals surface area contributed by atoms with Crippen molar-refractivity contribution >= 4 is 29.1 Å². The molecule has 1 N–H and O–H groups in total. The highest BCUT2D eigenvalue weighted by Gasteiger charge is 2.46. The lowest BCUT2D eigenvalue weighted by Crippen LogP contribution is -2.29. The predicted molar refractivity (Wildman–Crippen MR) is 130 cm³/mol. The number of ether oxygens (including phenoxy) is 2. The van der Waals surface area contributed by atoms with Gasteiger partial charge in [0.25, 0.3) is 11.7 Å². The fraction of sp³-hybridized carbons (Fsp3) is 0.185. The van der Waals surface area contributed by atoms with Gasteiger partial charge in [0.2, 0.25) is 0 Å².